The molecule has 10 heteroatoms. The van der Waals surface area contributed by atoms with Gasteiger partial charge in [0, 0.05) is 25.0 Å². The molecule has 0 fully saturated rings. The molecule has 25 heavy (non-hydrogen) atoms. The molecule has 2 heterocycles. The molecule has 0 radical (unpaired) electrons. The van der Waals surface area contributed by atoms with E-state index in [1.807, 2.05) is 0 Å². The number of aromatic nitrogens is 4. The first-order valence-electron chi connectivity index (χ1n) is 7.29. The maximum atomic E-state index is 12.9. The molecule has 0 bridgehead atoms. The molecule has 2 aromatic heterocycles. The molecule has 0 unspecified atom stereocenters. The molecule has 0 aliphatic carbocycles. The fourth-order valence-corrected chi connectivity index (χ4v) is 3.13. The smallest absolute Gasteiger partial charge is 0.266 e. The number of rotatable bonds is 6. The van der Waals surface area contributed by atoms with Gasteiger partial charge in [0.05, 0.1) is 11.4 Å². The van der Waals surface area contributed by atoms with Crippen molar-refractivity contribution in [2.45, 2.75) is 11.4 Å². The predicted octanol–water partition coefficient (Wildman–Crippen LogP) is 0.547. The van der Waals surface area contributed by atoms with Crippen LogP contribution in [0.3, 0.4) is 0 Å². The average molecular weight is 363 g/mol. The van der Waals surface area contributed by atoms with Crippen molar-refractivity contribution < 1.29 is 12.8 Å². The van der Waals surface area contributed by atoms with Crippen LogP contribution in [0, 0.1) is 5.82 Å². The summed E-state index contributed by atoms with van der Waals surface area (Å²) in [5.41, 5.74) is -0.364. The van der Waals surface area contributed by atoms with E-state index >= 15 is 0 Å². The number of nitrogens with one attached hydrogen (secondary N) is 1. The second-order valence-electron chi connectivity index (χ2n) is 5.06. The first kappa shape index (κ1) is 17.0. The summed E-state index contributed by atoms with van der Waals surface area (Å²) in [7, 11) is -3.79. The van der Waals surface area contributed by atoms with Crippen LogP contribution in [-0.2, 0) is 16.6 Å². The number of sulfonamides is 1. The first-order chi connectivity index (χ1) is 12.0. The van der Waals surface area contributed by atoms with Gasteiger partial charge in [0.15, 0.2) is 5.82 Å². The molecule has 0 atom stereocenters. The maximum Gasteiger partial charge on any atom is 0.266 e. The zero-order chi connectivity index (χ0) is 17.9. The van der Waals surface area contributed by atoms with E-state index < -0.39 is 15.8 Å². The molecule has 0 spiro atoms. The quantitative estimate of drug-likeness (QED) is 0.689. The minimum Gasteiger partial charge on any atom is -0.268 e. The van der Waals surface area contributed by atoms with Crippen LogP contribution in [0.2, 0.25) is 0 Å². The van der Waals surface area contributed by atoms with Gasteiger partial charge < -0.3 is 0 Å². The number of hydrogen-bond acceptors (Lipinski definition) is 5. The lowest BCUT2D eigenvalue weighted by atomic mass is 10.4. The molecule has 1 N–H and O–H groups in total. The van der Waals surface area contributed by atoms with Crippen LogP contribution in [0.4, 0.5) is 4.39 Å². The fraction of sp³-hybridized carbons (Fsp3) is 0.133. The Balaban J connectivity index is 1.70. The molecule has 0 amide bonds. The predicted molar refractivity (Wildman–Crippen MR) is 87.2 cm³/mol. The third kappa shape index (κ3) is 3.98. The molecule has 3 aromatic rings. The fourth-order valence-electron chi connectivity index (χ4n) is 2.11. The molecule has 0 saturated carbocycles. The van der Waals surface area contributed by atoms with Crippen LogP contribution >= 0.6 is 0 Å². The van der Waals surface area contributed by atoms with E-state index in [2.05, 4.69) is 14.9 Å². The van der Waals surface area contributed by atoms with Crippen molar-refractivity contribution in [3.05, 3.63) is 71.0 Å². The van der Waals surface area contributed by atoms with E-state index in [1.54, 1.807) is 18.5 Å². The summed E-state index contributed by atoms with van der Waals surface area (Å²) in [6.45, 7) is -0.0104. The minimum absolute atomic E-state index is 0.0361. The van der Waals surface area contributed by atoms with Crippen LogP contribution in [-0.4, -0.2) is 34.5 Å². The second kappa shape index (κ2) is 6.95. The summed E-state index contributed by atoms with van der Waals surface area (Å²) < 4.78 is 42.1. The van der Waals surface area contributed by atoms with Gasteiger partial charge in [0.25, 0.3) is 5.56 Å². The molecule has 8 nitrogen and oxygen atoms in total. The minimum atomic E-state index is -3.79. The van der Waals surface area contributed by atoms with Crippen molar-refractivity contribution in [2.24, 2.45) is 0 Å². The van der Waals surface area contributed by atoms with Crippen molar-refractivity contribution in [3.8, 4) is 5.82 Å². The highest BCUT2D eigenvalue weighted by Gasteiger charge is 2.13. The Morgan fingerprint density at radius 3 is 2.56 bits per heavy atom. The van der Waals surface area contributed by atoms with Crippen molar-refractivity contribution in [1.82, 2.24) is 24.3 Å². The number of nitrogens with zero attached hydrogens (tertiary/aromatic N) is 4. The molecule has 3 rings (SSSR count). The van der Waals surface area contributed by atoms with Gasteiger partial charge >= 0.3 is 0 Å². The molecule has 0 aliphatic rings. The lowest BCUT2D eigenvalue weighted by Gasteiger charge is -2.09. The summed E-state index contributed by atoms with van der Waals surface area (Å²) in [5, 5.41) is 8.16. The molecule has 0 aliphatic heterocycles. The molecule has 130 valence electrons. The molecular formula is C15H14FN5O3S. The molecule has 0 saturated heterocycles. The van der Waals surface area contributed by atoms with Gasteiger partial charge in [-0.25, -0.2) is 26.9 Å². The van der Waals surface area contributed by atoms with E-state index in [1.165, 1.54) is 28.9 Å². The van der Waals surface area contributed by atoms with Crippen LogP contribution in [0.25, 0.3) is 5.82 Å². The van der Waals surface area contributed by atoms with Crippen molar-refractivity contribution in [3.63, 3.8) is 0 Å². The van der Waals surface area contributed by atoms with Gasteiger partial charge in [0.1, 0.15) is 5.82 Å². The van der Waals surface area contributed by atoms with Crippen molar-refractivity contribution in [1.29, 1.82) is 0 Å². The Morgan fingerprint density at radius 2 is 1.88 bits per heavy atom. The standard InChI is InChI=1S/C15H14FN5O3S/c16-12-2-4-13(5-3-12)25(23,24)18-9-11-21-15(22)7-6-14(19-21)20-10-1-8-17-20/h1-8,10,18H,9,11H2. The summed E-state index contributed by atoms with van der Waals surface area (Å²) in [6, 6.07) is 9.03. The normalized spacial score (nSPS) is 11.6. The maximum absolute atomic E-state index is 12.9. The van der Waals surface area contributed by atoms with Crippen LogP contribution in [0.5, 0.6) is 0 Å². The highest BCUT2D eigenvalue weighted by molar-refractivity contribution is 7.89. The van der Waals surface area contributed by atoms with E-state index in [9.17, 15) is 17.6 Å². The Hall–Kier alpha value is -2.85. The highest BCUT2D eigenvalue weighted by Crippen LogP contribution is 2.09. The Labute approximate surface area is 142 Å². The largest absolute Gasteiger partial charge is 0.268 e. The van der Waals surface area contributed by atoms with E-state index in [0.29, 0.717) is 5.82 Å². The summed E-state index contributed by atoms with van der Waals surface area (Å²) in [5.74, 6) is -0.0869. The van der Waals surface area contributed by atoms with Gasteiger partial charge in [0.2, 0.25) is 10.0 Å². The third-order valence-corrected chi connectivity index (χ3v) is 4.81. The van der Waals surface area contributed by atoms with Crippen molar-refractivity contribution in [2.75, 3.05) is 6.54 Å². The van der Waals surface area contributed by atoms with Crippen LogP contribution in [0.15, 0.2) is 64.5 Å². The van der Waals surface area contributed by atoms with E-state index in [4.69, 9.17) is 0 Å². The zero-order valence-corrected chi connectivity index (χ0v) is 13.7. The molecular weight excluding hydrogens is 349 g/mol. The average Bonchev–Trinajstić information content (AvgIpc) is 3.11. The van der Waals surface area contributed by atoms with E-state index in [-0.39, 0.29) is 23.5 Å². The lowest BCUT2D eigenvalue weighted by Crippen LogP contribution is -2.32. The number of hydrogen-bond donors (Lipinski definition) is 1. The van der Waals surface area contributed by atoms with Gasteiger partial charge in [-0.2, -0.15) is 5.10 Å². The Morgan fingerprint density at radius 1 is 1.12 bits per heavy atom. The lowest BCUT2D eigenvalue weighted by molar-refractivity contribution is 0.542. The number of benzene rings is 1. The third-order valence-electron chi connectivity index (χ3n) is 3.33. The first-order valence-corrected chi connectivity index (χ1v) is 8.77. The van der Waals surface area contributed by atoms with E-state index in [0.717, 1.165) is 16.8 Å². The van der Waals surface area contributed by atoms with Gasteiger partial charge in [-0.15, -0.1) is 5.10 Å². The zero-order valence-electron chi connectivity index (χ0n) is 12.9. The van der Waals surface area contributed by atoms with Crippen molar-refractivity contribution >= 4 is 10.0 Å². The monoisotopic (exact) mass is 363 g/mol. The van der Waals surface area contributed by atoms with Gasteiger partial charge in [-0.3, -0.25) is 4.79 Å². The Bertz CT molecular complexity index is 1010. The highest BCUT2D eigenvalue weighted by atomic mass is 32.2. The summed E-state index contributed by atoms with van der Waals surface area (Å²) >= 11 is 0. The van der Waals surface area contributed by atoms with Gasteiger partial charge in [-0.1, -0.05) is 0 Å². The summed E-state index contributed by atoms with van der Waals surface area (Å²) in [4.78, 5) is 11.8. The summed E-state index contributed by atoms with van der Waals surface area (Å²) in [6.07, 6.45) is 3.25. The SMILES string of the molecule is O=c1ccc(-n2cccn2)nn1CCNS(=O)(=O)c1ccc(F)cc1. The van der Waals surface area contributed by atoms with Gasteiger partial charge in [-0.05, 0) is 36.4 Å². The second-order valence-corrected chi connectivity index (χ2v) is 6.82. The van der Waals surface area contributed by atoms with Crippen LogP contribution < -0.4 is 10.3 Å². The van der Waals surface area contributed by atoms with Crippen LogP contribution in [0.1, 0.15) is 0 Å². The number of halogens is 1. The topological polar surface area (TPSA) is 98.9 Å². The molecule has 1 aromatic carbocycles. The Kier molecular flexibility index (Phi) is 4.72.